The summed E-state index contributed by atoms with van der Waals surface area (Å²) in [5, 5.41) is 0. The van der Waals surface area contributed by atoms with E-state index in [9.17, 15) is 0 Å². The first-order valence-electron chi connectivity index (χ1n) is 9.46. The molecule has 27 heavy (non-hydrogen) atoms. The first kappa shape index (κ1) is 17.6. The van der Waals surface area contributed by atoms with Crippen molar-refractivity contribution in [3.05, 3.63) is 83.5 Å². The monoisotopic (exact) mass is 359 g/mol. The van der Waals surface area contributed by atoms with Crippen LogP contribution >= 0.6 is 0 Å². The van der Waals surface area contributed by atoms with E-state index in [0.29, 0.717) is 5.92 Å². The molecule has 5 heteroatoms. The molecular weight excluding hydrogens is 334 g/mol. The smallest absolute Gasteiger partial charge is 0.131 e. The highest BCUT2D eigenvalue weighted by atomic mass is 15.2. The highest BCUT2D eigenvalue weighted by Crippen LogP contribution is 2.34. The van der Waals surface area contributed by atoms with Crippen LogP contribution in [0.5, 0.6) is 0 Å². The number of H-pyrrole nitrogens is 1. The normalized spacial score (nSPS) is 17.1. The van der Waals surface area contributed by atoms with Gasteiger partial charge < -0.3 is 4.98 Å². The van der Waals surface area contributed by atoms with E-state index in [-0.39, 0.29) is 6.04 Å². The molecule has 0 amide bonds. The second-order valence-corrected chi connectivity index (χ2v) is 7.32. The Bertz CT molecular complexity index is 943. The van der Waals surface area contributed by atoms with Crippen molar-refractivity contribution in [3.63, 3.8) is 0 Å². The molecule has 0 saturated heterocycles. The van der Waals surface area contributed by atoms with Crippen LogP contribution in [0.2, 0.25) is 0 Å². The molecule has 0 fully saturated rings. The van der Waals surface area contributed by atoms with Crippen LogP contribution < -0.4 is 0 Å². The highest BCUT2D eigenvalue weighted by Gasteiger charge is 2.31. The van der Waals surface area contributed by atoms with Crippen LogP contribution in [-0.2, 0) is 13.0 Å². The number of nitrogens with one attached hydrogen (secondary N) is 1. The average Bonchev–Trinajstić information content (AvgIpc) is 3.16. The highest BCUT2D eigenvalue weighted by molar-refractivity contribution is 5.49. The van der Waals surface area contributed by atoms with Gasteiger partial charge in [0, 0.05) is 37.3 Å². The molecule has 3 heterocycles. The molecule has 0 spiro atoms. The fraction of sp³-hybridized carbons (Fsp3) is 0.318. The van der Waals surface area contributed by atoms with Crippen molar-refractivity contribution in [2.24, 2.45) is 0 Å². The number of fused-ring (bicyclic) bond motifs is 1. The van der Waals surface area contributed by atoms with Gasteiger partial charge in [-0.05, 0) is 23.3 Å². The molecule has 1 aliphatic rings. The van der Waals surface area contributed by atoms with Crippen molar-refractivity contribution in [3.8, 4) is 0 Å². The number of rotatable bonds is 5. The summed E-state index contributed by atoms with van der Waals surface area (Å²) in [5.41, 5.74) is 5.75. The summed E-state index contributed by atoms with van der Waals surface area (Å²) in [4.78, 5) is 19.6. The number of hydrogen-bond acceptors (Lipinski definition) is 4. The molecule has 3 aromatic rings. The van der Waals surface area contributed by atoms with Crippen LogP contribution in [0.1, 0.15) is 59.8 Å². The molecule has 1 aliphatic heterocycles. The molecular formula is C22H25N5. The van der Waals surface area contributed by atoms with E-state index in [4.69, 9.17) is 4.98 Å². The van der Waals surface area contributed by atoms with E-state index in [1.807, 2.05) is 18.3 Å². The molecule has 0 aliphatic carbocycles. The first-order chi connectivity index (χ1) is 13.2. The van der Waals surface area contributed by atoms with Crippen molar-refractivity contribution < 1.29 is 0 Å². The summed E-state index contributed by atoms with van der Waals surface area (Å²) < 4.78 is 0. The van der Waals surface area contributed by atoms with Gasteiger partial charge in [-0.3, -0.25) is 4.90 Å². The molecule has 4 rings (SSSR count). The molecule has 1 atom stereocenters. The van der Waals surface area contributed by atoms with Gasteiger partial charge in [0.2, 0.25) is 0 Å². The fourth-order valence-corrected chi connectivity index (χ4v) is 3.71. The minimum atomic E-state index is 0.109. The summed E-state index contributed by atoms with van der Waals surface area (Å²) in [5.74, 6) is 1.22. The van der Waals surface area contributed by atoms with Crippen molar-refractivity contribution >= 4 is 6.08 Å². The number of aromatic nitrogens is 4. The average molecular weight is 359 g/mol. The number of aromatic amines is 1. The second kappa shape index (κ2) is 7.45. The predicted octanol–water partition coefficient (Wildman–Crippen LogP) is 4.11. The van der Waals surface area contributed by atoms with Crippen LogP contribution in [0.15, 0.2) is 49.4 Å². The SMILES string of the molecule is C=Cc1cccc([C@@H]2c3nc[nH]c3CCN2Cc2ccnc(C(C)C)n2)c1. The van der Waals surface area contributed by atoms with Crippen LogP contribution in [0.3, 0.4) is 0 Å². The lowest BCUT2D eigenvalue weighted by Gasteiger charge is -2.35. The van der Waals surface area contributed by atoms with E-state index in [1.165, 1.54) is 11.3 Å². The third-order valence-electron chi connectivity index (χ3n) is 5.10. The molecule has 0 radical (unpaired) electrons. The lowest BCUT2D eigenvalue weighted by atomic mass is 9.94. The van der Waals surface area contributed by atoms with E-state index in [2.05, 4.69) is 64.5 Å². The second-order valence-electron chi connectivity index (χ2n) is 7.32. The summed E-state index contributed by atoms with van der Waals surface area (Å²) in [6, 6.07) is 10.7. The number of hydrogen-bond donors (Lipinski definition) is 1. The predicted molar refractivity (Wildman–Crippen MR) is 107 cm³/mol. The van der Waals surface area contributed by atoms with E-state index in [1.54, 1.807) is 6.33 Å². The summed E-state index contributed by atoms with van der Waals surface area (Å²) in [6.07, 6.45) is 6.53. The van der Waals surface area contributed by atoms with Gasteiger partial charge in [-0.15, -0.1) is 0 Å². The van der Waals surface area contributed by atoms with E-state index < -0.39 is 0 Å². The van der Waals surface area contributed by atoms with Gasteiger partial charge >= 0.3 is 0 Å². The zero-order valence-corrected chi connectivity index (χ0v) is 15.9. The number of benzene rings is 1. The Morgan fingerprint density at radius 3 is 3.00 bits per heavy atom. The molecule has 0 saturated carbocycles. The van der Waals surface area contributed by atoms with Crippen LogP contribution in [0.4, 0.5) is 0 Å². The van der Waals surface area contributed by atoms with Gasteiger partial charge in [0.1, 0.15) is 5.82 Å². The first-order valence-corrected chi connectivity index (χ1v) is 9.46. The van der Waals surface area contributed by atoms with Gasteiger partial charge in [-0.2, -0.15) is 0 Å². The van der Waals surface area contributed by atoms with Gasteiger partial charge in [0.05, 0.1) is 23.8 Å². The Balaban J connectivity index is 1.70. The van der Waals surface area contributed by atoms with E-state index >= 15 is 0 Å². The van der Waals surface area contributed by atoms with Crippen molar-refractivity contribution in [1.82, 2.24) is 24.8 Å². The minimum Gasteiger partial charge on any atom is -0.348 e. The van der Waals surface area contributed by atoms with E-state index in [0.717, 1.165) is 42.3 Å². The van der Waals surface area contributed by atoms with Gasteiger partial charge in [0.25, 0.3) is 0 Å². The third kappa shape index (κ3) is 3.55. The lowest BCUT2D eigenvalue weighted by molar-refractivity contribution is 0.197. The molecule has 138 valence electrons. The maximum atomic E-state index is 4.77. The van der Waals surface area contributed by atoms with Crippen molar-refractivity contribution in [1.29, 1.82) is 0 Å². The largest absolute Gasteiger partial charge is 0.348 e. The Labute approximate surface area is 160 Å². The maximum absolute atomic E-state index is 4.77. The molecule has 0 unspecified atom stereocenters. The van der Waals surface area contributed by atoms with Crippen molar-refractivity contribution in [2.75, 3.05) is 6.54 Å². The minimum absolute atomic E-state index is 0.109. The fourth-order valence-electron chi connectivity index (χ4n) is 3.71. The maximum Gasteiger partial charge on any atom is 0.131 e. The summed E-state index contributed by atoms with van der Waals surface area (Å²) in [7, 11) is 0. The molecule has 0 bridgehead atoms. The van der Waals surface area contributed by atoms with Crippen molar-refractivity contribution in [2.45, 2.75) is 38.8 Å². The Morgan fingerprint density at radius 2 is 2.19 bits per heavy atom. The lowest BCUT2D eigenvalue weighted by Crippen LogP contribution is -2.36. The summed E-state index contributed by atoms with van der Waals surface area (Å²) in [6.45, 7) is 9.89. The van der Waals surface area contributed by atoms with Crippen LogP contribution in [-0.4, -0.2) is 31.4 Å². The third-order valence-corrected chi connectivity index (χ3v) is 5.10. The van der Waals surface area contributed by atoms with Gasteiger partial charge in [0.15, 0.2) is 0 Å². The van der Waals surface area contributed by atoms with Crippen LogP contribution in [0, 0.1) is 0 Å². The summed E-state index contributed by atoms with van der Waals surface area (Å²) >= 11 is 0. The van der Waals surface area contributed by atoms with Gasteiger partial charge in [-0.1, -0.05) is 44.7 Å². The van der Waals surface area contributed by atoms with Gasteiger partial charge in [-0.25, -0.2) is 15.0 Å². The standard InChI is InChI=1S/C22H25N5/c1-4-16-6-5-7-17(12-16)21-20-19(24-14-25-20)9-11-27(21)13-18-8-10-23-22(26-18)15(2)3/h4-8,10,12,14-15,21H,1,9,11,13H2,2-3H3,(H,24,25)/t21-/m1/s1. The zero-order chi connectivity index (χ0) is 18.8. The quantitative estimate of drug-likeness (QED) is 0.745. The molecule has 5 nitrogen and oxygen atoms in total. The number of imidazole rings is 1. The Morgan fingerprint density at radius 1 is 1.30 bits per heavy atom. The topological polar surface area (TPSA) is 57.7 Å². The Kier molecular flexibility index (Phi) is 4.86. The van der Waals surface area contributed by atoms with Crippen LogP contribution in [0.25, 0.3) is 6.08 Å². The molecule has 1 aromatic carbocycles. The molecule has 1 N–H and O–H groups in total. The number of nitrogens with zero attached hydrogens (tertiary/aromatic N) is 4. The Hall–Kier alpha value is -2.79. The zero-order valence-electron chi connectivity index (χ0n) is 15.9. The molecule has 2 aromatic heterocycles.